The fourth-order valence-electron chi connectivity index (χ4n) is 2.22. The molecule has 2 aliphatic rings. The van der Waals surface area contributed by atoms with Crippen molar-refractivity contribution in [1.29, 1.82) is 5.26 Å². The van der Waals surface area contributed by atoms with E-state index in [2.05, 4.69) is 26.3 Å². The van der Waals surface area contributed by atoms with E-state index >= 15 is 0 Å². The van der Waals surface area contributed by atoms with Gasteiger partial charge in [-0.1, -0.05) is 11.6 Å². The van der Waals surface area contributed by atoms with Gasteiger partial charge in [0.25, 0.3) is 0 Å². The number of hydrogen-bond donors (Lipinski definition) is 1. The van der Waals surface area contributed by atoms with Crippen LogP contribution >= 0.6 is 27.5 Å². The van der Waals surface area contributed by atoms with Crippen molar-refractivity contribution >= 4 is 38.9 Å². The van der Waals surface area contributed by atoms with Gasteiger partial charge in [-0.25, -0.2) is 13.8 Å². The molecule has 0 saturated carbocycles. The van der Waals surface area contributed by atoms with Crippen LogP contribution in [0, 0.1) is 17.1 Å². The van der Waals surface area contributed by atoms with E-state index in [0.717, 1.165) is 6.07 Å². The number of alkyl halides is 1. The molecule has 1 atom stereocenters. The van der Waals surface area contributed by atoms with Crippen LogP contribution in [0.2, 0.25) is 5.02 Å². The third kappa shape index (κ3) is 2.65. The molecule has 22 heavy (non-hydrogen) atoms. The molecule has 4 nitrogen and oxygen atoms in total. The SMILES string of the molecule is N#CCC1(Br)N=C2C(c3ccc(F)cc3Cl)=CC(F)=CN2N1. The van der Waals surface area contributed by atoms with Crippen LogP contribution in [-0.2, 0) is 0 Å². The maximum Gasteiger partial charge on any atom is 0.198 e. The number of fused-ring (bicyclic) bond motifs is 1. The van der Waals surface area contributed by atoms with E-state index in [9.17, 15) is 8.78 Å². The van der Waals surface area contributed by atoms with Crippen molar-refractivity contribution in [3.8, 4) is 6.07 Å². The number of rotatable bonds is 2. The maximum atomic E-state index is 13.9. The topological polar surface area (TPSA) is 51.4 Å². The summed E-state index contributed by atoms with van der Waals surface area (Å²) in [5, 5.41) is 10.4. The van der Waals surface area contributed by atoms with Gasteiger partial charge in [-0.05, 0) is 40.2 Å². The Morgan fingerprint density at radius 1 is 1.45 bits per heavy atom. The first-order chi connectivity index (χ1) is 10.4. The molecule has 1 unspecified atom stereocenters. The molecule has 0 aromatic heterocycles. The molecule has 0 saturated heterocycles. The summed E-state index contributed by atoms with van der Waals surface area (Å²) in [6.07, 6.45) is 2.51. The van der Waals surface area contributed by atoms with Crippen LogP contribution in [0.3, 0.4) is 0 Å². The van der Waals surface area contributed by atoms with E-state index in [1.165, 1.54) is 29.4 Å². The van der Waals surface area contributed by atoms with Gasteiger partial charge in [0.2, 0.25) is 0 Å². The second-order valence-corrected chi connectivity index (χ2v) is 6.43. The molecule has 1 aromatic rings. The quantitative estimate of drug-likeness (QED) is 0.621. The minimum absolute atomic E-state index is 0.0346. The first kappa shape index (κ1) is 15.2. The number of amidine groups is 1. The van der Waals surface area contributed by atoms with Gasteiger partial charge in [0.1, 0.15) is 11.6 Å². The maximum absolute atomic E-state index is 13.9. The smallest absolute Gasteiger partial charge is 0.198 e. The van der Waals surface area contributed by atoms with Crippen LogP contribution in [-0.4, -0.2) is 15.4 Å². The molecule has 0 aliphatic carbocycles. The second kappa shape index (κ2) is 5.47. The Labute approximate surface area is 138 Å². The van der Waals surface area contributed by atoms with Crippen molar-refractivity contribution in [2.75, 3.05) is 0 Å². The van der Waals surface area contributed by atoms with Gasteiger partial charge >= 0.3 is 0 Å². The van der Waals surface area contributed by atoms with Crippen molar-refractivity contribution in [3.63, 3.8) is 0 Å². The number of hydrazine groups is 1. The Bertz CT molecular complexity index is 784. The number of nitrogens with one attached hydrogen (secondary N) is 1. The van der Waals surface area contributed by atoms with Gasteiger partial charge in [-0.3, -0.25) is 5.01 Å². The summed E-state index contributed by atoms with van der Waals surface area (Å²) in [7, 11) is 0. The predicted molar refractivity (Wildman–Crippen MR) is 82.9 cm³/mol. The first-order valence-electron chi connectivity index (χ1n) is 6.19. The molecule has 112 valence electrons. The Balaban J connectivity index is 2.10. The van der Waals surface area contributed by atoms with Gasteiger partial charge in [0.15, 0.2) is 10.4 Å². The molecule has 0 bridgehead atoms. The summed E-state index contributed by atoms with van der Waals surface area (Å²) in [4.78, 5) is 4.38. The lowest BCUT2D eigenvalue weighted by molar-refractivity contribution is 0.356. The van der Waals surface area contributed by atoms with Gasteiger partial charge in [-0.2, -0.15) is 10.7 Å². The van der Waals surface area contributed by atoms with Gasteiger partial charge in [0.05, 0.1) is 23.7 Å². The highest BCUT2D eigenvalue weighted by atomic mass is 79.9. The summed E-state index contributed by atoms with van der Waals surface area (Å²) in [5.41, 5.74) is 3.73. The fourth-order valence-corrected chi connectivity index (χ4v) is 2.97. The molecule has 2 aliphatic heterocycles. The third-order valence-corrected chi connectivity index (χ3v) is 4.06. The second-order valence-electron chi connectivity index (χ2n) is 4.71. The van der Waals surface area contributed by atoms with E-state index in [1.54, 1.807) is 0 Å². The summed E-state index contributed by atoms with van der Waals surface area (Å²) in [5.74, 6) is -0.610. The molecule has 0 radical (unpaired) electrons. The highest BCUT2D eigenvalue weighted by Crippen LogP contribution is 2.36. The molecule has 0 spiro atoms. The normalized spacial score (nSPS) is 23.4. The number of aliphatic imine (C=N–C) groups is 1. The van der Waals surface area contributed by atoms with E-state index in [1.807, 2.05) is 6.07 Å². The molecule has 0 amide bonds. The van der Waals surface area contributed by atoms with Crippen molar-refractivity contribution in [2.24, 2.45) is 4.99 Å². The van der Waals surface area contributed by atoms with Crippen molar-refractivity contribution in [2.45, 2.75) is 11.0 Å². The average Bonchev–Trinajstić information content (AvgIpc) is 2.74. The minimum Gasteiger partial charge on any atom is -0.261 e. The zero-order chi connectivity index (χ0) is 15.9. The lowest BCUT2D eigenvalue weighted by Crippen LogP contribution is -2.42. The molecule has 1 N–H and O–H groups in total. The van der Waals surface area contributed by atoms with Crippen LogP contribution < -0.4 is 5.43 Å². The third-order valence-electron chi connectivity index (χ3n) is 3.11. The van der Waals surface area contributed by atoms with Crippen molar-refractivity contribution in [3.05, 3.63) is 52.7 Å². The highest BCUT2D eigenvalue weighted by Gasteiger charge is 2.39. The Kier molecular flexibility index (Phi) is 3.77. The molecule has 3 rings (SSSR count). The largest absolute Gasteiger partial charge is 0.261 e. The number of nitrogens with zero attached hydrogens (tertiary/aromatic N) is 3. The summed E-state index contributed by atoms with van der Waals surface area (Å²) >= 11 is 9.36. The first-order valence-corrected chi connectivity index (χ1v) is 7.36. The molecule has 1 aromatic carbocycles. The van der Waals surface area contributed by atoms with E-state index in [4.69, 9.17) is 16.9 Å². The van der Waals surface area contributed by atoms with Crippen LogP contribution in [0.4, 0.5) is 8.78 Å². The van der Waals surface area contributed by atoms with E-state index in [-0.39, 0.29) is 11.4 Å². The lowest BCUT2D eigenvalue weighted by atomic mass is 10.0. The Morgan fingerprint density at radius 3 is 2.91 bits per heavy atom. The van der Waals surface area contributed by atoms with Crippen LogP contribution in [0.5, 0.6) is 0 Å². The number of allylic oxidation sites excluding steroid dienone is 2. The Hall–Kier alpha value is -1.75. The lowest BCUT2D eigenvalue weighted by Gasteiger charge is -2.24. The molecular formula is C14H8BrClF2N4. The number of hydrogen-bond acceptors (Lipinski definition) is 4. The zero-order valence-electron chi connectivity index (χ0n) is 10.9. The monoisotopic (exact) mass is 384 g/mol. The van der Waals surface area contributed by atoms with E-state index < -0.39 is 16.2 Å². The molecule has 2 heterocycles. The standard InChI is InChI=1S/C14H8BrClF2N4/c15-14(3-4-19)20-13-11(5-9(18)7-22(13)21-14)10-2-1-8(17)6-12(10)16/h1-2,5-7,21H,3H2. The van der Waals surface area contributed by atoms with Crippen LogP contribution in [0.15, 0.2) is 41.3 Å². The summed E-state index contributed by atoms with van der Waals surface area (Å²) < 4.78 is 26.0. The Morgan fingerprint density at radius 2 is 2.23 bits per heavy atom. The van der Waals surface area contributed by atoms with Crippen molar-refractivity contribution in [1.82, 2.24) is 10.4 Å². The molecule has 8 heteroatoms. The predicted octanol–water partition coefficient (Wildman–Crippen LogP) is 3.87. The number of benzene rings is 1. The van der Waals surface area contributed by atoms with Gasteiger partial charge in [0, 0.05) is 11.1 Å². The zero-order valence-corrected chi connectivity index (χ0v) is 13.3. The molecular weight excluding hydrogens is 378 g/mol. The fraction of sp³-hybridized carbons (Fsp3) is 0.143. The number of nitriles is 1. The summed E-state index contributed by atoms with van der Waals surface area (Å²) in [6.45, 7) is 0. The number of halogens is 4. The summed E-state index contributed by atoms with van der Waals surface area (Å²) in [6, 6.07) is 5.84. The highest BCUT2D eigenvalue weighted by molar-refractivity contribution is 9.10. The van der Waals surface area contributed by atoms with E-state index in [0.29, 0.717) is 17.0 Å². The van der Waals surface area contributed by atoms with Crippen molar-refractivity contribution < 1.29 is 8.78 Å². The van der Waals surface area contributed by atoms with Crippen LogP contribution in [0.25, 0.3) is 5.57 Å². The van der Waals surface area contributed by atoms with Gasteiger partial charge < -0.3 is 0 Å². The minimum atomic E-state index is -1.04. The average molecular weight is 386 g/mol. The van der Waals surface area contributed by atoms with Crippen LogP contribution in [0.1, 0.15) is 12.0 Å². The van der Waals surface area contributed by atoms with Gasteiger partial charge in [-0.15, -0.1) is 0 Å². The molecule has 0 fully saturated rings.